The highest BCUT2D eigenvalue weighted by Crippen LogP contribution is 2.20. The van der Waals surface area contributed by atoms with E-state index in [-0.39, 0.29) is 10.7 Å². The molecule has 0 amide bonds. The molecule has 0 fully saturated rings. The molecule has 1 aromatic carbocycles. The second-order valence-electron chi connectivity index (χ2n) is 3.76. The van der Waals surface area contributed by atoms with Gasteiger partial charge in [0, 0.05) is 11.8 Å². The summed E-state index contributed by atoms with van der Waals surface area (Å²) in [5.74, 6) is -0.0370. The predicted octanol–water partition coefficient (Wildman–Crippen LogP) is 1.91. The van der Waals surface area contributed by atoms with Crippen LogP contribution in [0.15, 0.2) is 17.0 Å². The quantitative estimate of drug-likeness (QED) is 0.724. The smallest absolute Gasteiger partial charge is 0.175 e. The Morgan fingerprint density at radius 1 is 1.13 bits per heavy atom. The van der Waals surface area contributed by atoms with Crippen molar-refractivity contribution in [3.63, 3.8) is 0 Å². The molecule has 0 heterocycles. The van der Waals surface area contributed by atoms with E-state index in [0.717, 1.165) is 6.26 Å². The van der Waals surface area contributed by atoms with Gasteiger partial charge in [0.25, 0.3) is 0 Å². The molecule has 0 aliphatic carbocycles. The van der Waals surface area contributed by atoms with Gasteiger partial charge in [-0.15, -0.1) is 0 Å². The first-order valence-electron chi connectivity index (χ1n) is 4.55. The first-order chi connectivity index (χ1) is 6.73. The lowest BCUT2D eigenvalue weighted by Crippen LogP contribution is -2.04. The molecule has 3 nitrogen and oxygen atoms in total. The van der Waals surface area contributed by atoms with Crippen molar-refractivity contribution in [2.24, 2.45) is 0 Å². The van der Waals surface area contributed by atoms with E-state index in [1.165, 1.54) is 6.92 Å². The summed E-state index contributed by atoms with van der Waals surface area (Å²) < 4.78 is 22.7. The van der Waals surface area contributed by atoms with Gasteiger partial charge in [-0.05, 0) is 44.0 Å². The van der Waals surface area contributed by atoms with Crippen LogP contribution < -0.4 is 0 Å². The molecule has 1 aromatic rings. The largest absolute Gasteiger partial charge is 0.294 e. The third kappa shape index (κ3) is 2.45. The molecule has 0 aromatic heterocycles. The topological polar surface area (TPSA) is 51.2 Å². The van der Waals surface area contributed by atoms with E-state index < -0.39 is 9.84 Å². The summed E-state index contributed by atoms with van der Waals surface area (Å²) in [7, 11) is -3.20. The van der Waals surface area contributed by atoms with Gasteiger partial charge in [-0.25, -0.2) is 8.42 Å². The number of carbonyl (C=O) groups excluding carboxylic acids is 1. The fourth-order valence-electron chi connectivity index (χ4n) is 1.69. The first kappa shape index (κ1) is 11.9. The van der Waals surface area contributed by atoms with Gasteiger partial charge in [0.15, 0.2) is 15.6 Å². The van der Waals surface area contributed by atoms with Gasteiger partial charge >= 0.3 is 0 Å². The Kier molecular flexibility index (Phi) is 3.00. The zero-order valence-corrected chi connectivity index (χ0v) is 10.1. The normalized spacial score (nSPS) is 11.5. The molecule has 0 unspecified atom stereocenters. The Morgan fingerprint density at radius 2 is 1.53 bits per heavy atom. The van der Waals surface area contributed by atoms with E-state index in [9.17, 15) is 13.2 Å². The fourth-order valence-corrected chi connectivity index (χ4v) is 2.47. The van der Waals surface area contributed by atoms with Crippen LogP contribution in [0.4, 0.5) is 0 Å². The zero-order valence-electron chi connectivity index (χ0n) is 9.29. The Bertz CT molecular complexity index is 490. The highest BCUT2D eigenvalue weighted by molar-refractivity contribution is 7.90. The second kappa shape index (κ2) is 3.77. The standard InChI is InChI=1S/C11H14O3S/c1-7-5-10(15(4,13)14)6-8(2)11(7)9(3)12/h5-6H,1-4H3. The molecule has 0 aliphatic rings. The molecule has 0 radical (unpaired) electrons. The van der Waals surface area contributed by atoms with Crippen LogP contribution >= 0.6 is 0 Å². The maximum Gasteiger partial charge on any atom is 0.175 e. The minimum Gasteiger partial charge on any atom is -0.294 e. The fraction of sp³-hybridized carbons (Fsp3) is 0.364. The predicted molar refractivity (Wildman–Crippen MR) is 59.0 cm³/mol. The van der Waals surface area contributed by atoms with E-state index in [4.69, 9.17) is 0 Å². The van der Waals surface area contributed by atoms with Crippen LogP contribution in [0.1, 0.15) is 28.4 Å². The lowest BCUT2D eigenvalue weighted by molar-refractivity contribution is 0.101. The van der Waals surface area contributed by atoms with Crippen LogP contribution in [0.25, 0.3) is 0 Å². The number of rotatable bonds is 2. The van der Waals surface area contributed by atoms with Gasteiger partial charge < -0.3 is 0 Å². The minimum atomic E-state index is -3.20. The Balaban J connectivity index is 3.52. The molecule has 0 saturated heterocycles. The van der Waals surface area contributed by atoms with Crippen molar-refractivity contribution in [1.82, 2.24) is 0 Å². The lowest BCUT2D eigenvalue weighted by atomic mass is 10.0. The van der Waals surface area contributed by atoms with Crippen LogP contribution in [0.5, 0.6) is 0 Å². The molecule has 0 bridgehead atoms. The van der Waals surface area contributed by atoms with E-state index >= 15 is 0 Å². The number of hydrogen-bond donors (Lipinski definition) is 0. The van der Waals surface area contributed by atoms with Crippen LogP contribution in [0, 0.1) is 13.8 Å². The number of hydrogen-bond acceptors (Lipinski definition) is 3. The van der Waals surface area contributed by atoms with Crippen molar-refractivity contribution in [3.8, 4) is 0 Å². The highest BCUT2D eigenvalue weighted by atomic mass is 32.2. The third-order valence-electron chi connectivity index (χ3n) is 2.29. The van der Waals surface area contributed by atoms with Crippen molar-refractivity contribution >= 4 is 15.6 Å². The maximum atomic E-state index is 11.3. The van der Waals surface area contributed by atoms with Gasteiger partial charge in [-0.2, -0.15) is 0 Å². The van der Waals surface area contributed by atoms with Crippen LogP contribution in [0.3, 0.4) is 0 Å². The molecule has 0 spiro atoms. The number of aryl methyl sites for hydroxylation is 2. The molecular weight excluding hydrogens is 212 g/mol. The molecule has 0 saturated carbocycles. The Morgan fingerprint density at radius 3 is 1.80 bits per heavy atom. The van der Waals surface area contributed by atoms with E-state index in [1.54, 1.807) is 26.0 Å². The summed E-state index contributed by atoms with van der Waals surface area (Å²) in [6.45, 7) is 4.98. The van der Waals surface area contributed by atoms with Crippen LogP contribution in [0.2, 0.25) is 0 Å². The highest BCUT2D eigenvalue weighted by Gasteiger charge is 2.13. The van der Waals surface area contributed by atoms with Gasteiger partial charge in [-0.1, -0.05) is 0 Å². The van der Waals surface area contributed by atoms with Crippen LogP contribution in [-0.2, 0) is 9.84 Å². The Hall–Kier alpha value is -1.16. The van der Waals surface area contributed by atoms with Gasteiger partial charge in [0.2, 0.25) is 0 Å². The van der Waals surface area contributed by atoms with E-state index in [2.05, 4.69) is 0 Å². The molecule has 15 heavy (non-hydrogen) atoms. The number of benzene rings is 1. The summed E-state index contributed by atoms with van der Waals surface area (Å²) in [5.41, 5.74) is 2.04. The lowest BCUT2D eigenvalue weighted by Gasteiger charge is -2.08. The van der Waals surface area contributed by atoms with Gasteiger partial charge in [-0.3, -0.25) is 4.79 Å². The van der Waals surface area contributed by atoms with Crippen molar-refractivity contribution in [2.45, 2.75) is 25.7 Å². The SMILES string of the molecule is CC(=O)c1c(C)cc(S(C)(=O)=O)cc1C. The summed E-state index contributed by atoms with van der Waals surface area (Å²) in [4.78, 5) is 11.6. The average molecular weight is 226 g/mol. The summed E-state index contributed by atoms with van der Waals surface area (Å²) in [6.07, 6.45) is 1.16. The number of sulfone groups is 1. The summed E-state index contributed by atoms with van der Waals surface area (Å²) in [5, 5.41) is 0. The number of ketones is 1. The molecule has 1 rings (SSSR count). The molecule has 0 N–H and O–H groups in total. The van der Waals surface area contributed by atoms with Crippen LogP contribution in [-0.4, -0.2) is 20.5 Å². The first-order valence-corrected chi connectivity index (χ1v) is 6.45. The molecule has 4 heteroatoms. The molecule has 0 atom stereocenters. The van der Waals surface area contributed by atoms with Crippen molar-refractivity contribution in [3.05, 3.63) is 28.8 Å². The minimum absolute atomic E-state index is 0.0370. The zero-order chi connectivity index (χ0) is 11.8. The Labute approximate surface area is 90.0 Å². The molecular formula is C11H14O3S. The average Bonchev–Trinajstić information content (AvgIpc) is 1.99. The molecule has 82 valence electrons. The van der Waals surface area contributed by atoms with E-state index in [0.29, 0.717) is 16.7 Å². The van der Waals surface area contributed by atoms with Gasteiger partial charge in [0.05, 0.1) is 4.90 Å². The number of carbonyl (C=O) groups is 1. The summed E-state index contributed by atoms with van der Waals surface area (Å²) >= 11 is 0. The van der Waals surface area contributed by atoms with Gasteiger partial charge in [0.1, 0.15) is 0 Å². The van der Waals surface area contributed by atoms with E-state index in [1.807, 2.05) is 0 Å². The summed E-state index contributed by atoms with van der Waals surface area (Å²) in [6, 6.07) is 3.08. The maximum absolute atomic E-state index is 11.3. The number of Topliss-reactive ketones (excluding diaryl/α,β-unsaturated/α-hetero) is 1. The second-order valence-corrected chi connectivity index (χ2v) is 5.78. The molecule has 0 aliphatic heterocycles. The van der Waals surface area contributed by atoms with Crippen molar-refractivity contribution in [1.29, 1.82) is 0 Å². The third-order valence-corrected chi connectivity index (χ3v) is 3.38. The van der Waals surface area contributed by atoms with Crippen molar-refractivity contribution in [2.75, 3.05) is 6.26 Å². The monoisotopic (exact) mass is 226 g/mol. The van der Waals surface area contributed by atoms with Crippen molar-refractivity contribution < 1.29 is 13.2 Å².